The van der Waals surface area contributed by atoms with Gasteiger partial charge in [-0.05, 0) is 36.8 Å². The lowest BCUT2D eigenvalue weighted by Crippen LogP contribution is -2.59. The zero-order valence-corrected chi connectivity index (χ0v) is 17.2. The molecule has 1 aliphatic heterocycles. The number of para-hydroxylation sites is 1. The maximum atomic E-state index is 11.9. The monoisotopic (exact) mass is 396 g/mol. The Morgan fingerprint density at radius 1 is 1.24 bits per heavy atom. The molecule has 29 heavy (non-hydrogen) atoms. The second-order valence-electron chi connectivity index (χ2n) is 8.93. The number of hydrogen-bond acceptors (Lipinski definition) is 5. The van der Waals surface area contributed by atoms with Crippen LogP contribution in [0.3, 0.4) is 0 Å². The van der Waals surface area contributed by atoms with Crippen molar-refractivity contribution in [2.24, 2.45) is 17.1 Å². The minimum Gasteiger partial charge on any atom is -0.387 e. The summed E-state index contributed by atoms with van der Waals surface area (Å²) in [7, 11) is 0. The summed E-state index contributed by atoms with van der Waals surface area (Å²) in [5.74, 6) is -0.605. The quantitative estimate of drug-likeness (QED) is 0.276. The molecule has 1 heterocycles. The summed E-state index contributed by atoms with van der Waals surface area (Å²) in [5.41, 5.74) is 6.73. The number of nitrogens with one attached hydrogen (secondary N) is 4. The molecule has 0 aromatic heterocycles. The summed E-state index contributed by atoms with van der Waals surface area (Å²) in [5, 5.41) is 22.2. The van der Waals surface area contributed by atoms with E-state index in [2.05, 4.69) is 29.4 Å². The van der Waals surface area contributed by atoms with Crippen LogP contribution in [0, 0.1) is 22.2 Å². The standard InChI is InChI=1S/C22H32N6O/c1-22(2)13-28(14-22)17-8-9-19(15(10-17)11-23)26-12-18(21(25)29)20(24)27-16-6-4-3-5-7-16/h3-7,11-12,15,17,19,23,26H,8-10,13-14H2,1-2H3,(H2,24,27)(H2,25,29)/b18-12+,23-11?/t15-,17+,19+/m1/s1. The lowest BCUT2D eigenvalue weighted by molar-refractivity contribution is -0.114. The number of hydrogen-bond donors (Lipinski definition) is 5. The van der Waals surface area contributed by atoms with E-state index >= 15 is 0 Å². The van der Waals surface area contributed by atoms with Crippen molar-refractivity contribution >= 4 is 23.6 Å². The molecule has 156 valence electrons. The first kappa shape index (κ1) is 21.0. The van der Waals surface area contributed by atoms with Crippen LogP contribution < -0.4 is 16.4 Å². The highest BCUT2D eigenvalue weighted by molar-refractivity contribution is 6.23. The molecule has 0 radical (unpaired) electrons. The van der Waals surface area contributed by atoms with Crippen LogP contribution in [0.4, 0.5) is 5.69 Å². The summed E-state index contributed by atoms with van der Waals surface area (Å²) in [4.78, 5) is 14.4. The van der Waals surface area contributed by atoms with Gasteiger partial charge in [0.05, 0.1) is 5.57 Å². The average molecular weight is 397 g/mol. The first-order chi connectivity index (χ1) is 13.8. The number of nitrogens with two attached hydrogens (primary N) is 1. The molecule has 2 fully saturated rings. The molecular weight excluding hydrogens is 364 g/mol. The first-order valence-electron chi connectivity index (χ1n) is 10.2. The number of anilines is 1. The Bertz CT molecular complexity index is 780. The van der Waals surface area contributed by atoms with Crippen molar-refractivity contribution in [1.82, 2.24) is 10.2 Å². The predicted molar refractivity (Wildman–Crippen MR) is 117 cm³/mol. The van der Waals surface area contributed by atoms with E-state index in [0.717, 1.165) is 38.0 Å². The smallest absolute Gasteiger partial charge is 0.253 e. The highest BCUT2D eigenvalue weighted by atomic mass is 16.1. The van der Waals surface area contributed by atoms with Crippen molar-refractivity contribution in [3.8, 4) is 0 Å². The van der Waals surface area contributed by atoms with Gasteiger partial charge < -0.3 is 21.8 Å². The Balaban J connectivity index is 1.61. The number of benzene rings is 1. The number of carbonyl (C=O) groups is 1. The maximum absolute atomic E-state index is 11.9. The highest BCUT2D eigenvalue weighted by Crippen LogP contribution is 2.36. The minimum absolute atomic E-state index is 0.0425. The molecule has 7 nitrogen and oxygen atoms in total. The van der Waals surface area contributed by atoms with Gasteiger partial charge in [0.2, 0.25) is 0 Å². The topological polar surface area (TPSA) is 118 Å². The van der Waals surface area contributed by atoms with Gasteiger partial charge >= 0.3 is 0 Å². The summed E-state index contributed by atoms with van der Waals surface area (Å²) in [6.45, 7) is 6.82. The number of amides is 1. The van der Waals surface area contributed by atoms with Crippen molar-refractivity contribution in [2.45, 2.75) is 45.2 Å². The van der Waals surface area contributed by atoms with Crippen LogP contribution in [0.5, 0.6) is 0 Å². The van der Waals surface area contributed by atoms with Crippen molar-refractivity contribution in [3.05, 3.63) is 42.1 Å². The van der Waals surface area contributed by atoms with Crippen LogP contribution in [0.1, 0.15) is 33.1 Å². The van der Waals surface area contributed by atoms with E-state index in [1.165, 1.54) is 12.4 Å². The van der Waals surface area contributed by atoms with Gasteiger partial charge in [0, 0.05) is 49.2 Å². The zero-order valence-electron chi connectivity index (χ0n) is 17.2. The summed E-state index contributed by atoms with van der Waals surface area (Å²) in [6, 6.07) is 9.83. The first-order valence-corrected chi connectivity index (χ1v) is 10.2. The lowest BCUT2D eigenvalue weighted by Gasteiger charge is -2.52. The molecule has 0 bridgehead atoms. The van der Waals surface area contributed by atoms with Crippen molar-refractivity contribution in [2.75, 3.05) is 18.4 Å². The number of rotatable bonds is 7. The largest absolute Gasteiger partial charge is 0.387 e. The molecule has 0 unspecified atom stereocenters. The second kappa shape index (κ2) is 8.78. The molecule has 1 aromatic rings. The molecule has 0 spiro atoms. The van der Waals surface area contributed by atoms with Crippen molar-refractivity contribution in [3.63, 3.8) is 0 Å². The Kier molecular flexibility index (Phi) is 6.37. The Hall–Kier alpha value is -2.67. The van der Waals surface area contributed by atoms with E-state index in [1.807, 2.05) is 30.3 Å². The maximum Gasteiger partial charge on any atom is 0.253 e. The molecule has 1 saturated heterocycles. The fourth-order valence-electron chi connectivity index (χ4n) is 4.41. The molecule has 6 N–H and O–H groups in total. The number of primary amides is 1. The predicted octanol–water partition coefficient (Wildman–Crippen LogP) is 2.56. The van der Waals surface area contributed by atoms with E-state index in [-0.39, 0.29) is 23.4 Å². The van der Waals surface area contributed by atoms with Crippen LogP contribution in [-0.4, -0.2) is 48.0 Å². The van der Waals surface area contributed by atoms with Gasteiger partial charge in [-0.15, -0.1) is 0 Å². The zero-order chi connectivity index (χ0) is 21.0. The van der Waals surface area contributed by atoms with Gasteiger partial charge in [-0.1, -0.05) is 32.0 Å². The third-order valence-electron chi connectivity index (χ3n) is 5.88. The molecule has 1 aliphatic carbocycles. The number of carbonyl (C=O) groups excluding carboxylic acids is 1. The molecule has 7 heteroatoms. The van der Waals surface area contributed by atoms with E-state index in [4.69, 9.17) is 16.6 Å². The summed E-state index contributed by atoms with van der Waals surface area (Å²) in [6.07, 6.45) is 5.98. The normalized spacial score (nSPS) is 26.8. The fraction of sp³-hybridized carbons (Fsp3) is 0.500. The van der Waals surface area contributed by atoms with E-state index in [9.17, 15) is 4.79 Å². The molecule has 1 saturated carbocycles. The van der Waals surface area contributed by atoms with Crippen LogP contribution in [0.25, 0.3) is 0 Å². The van der Waals surface area contributed by atoms with Crippen LogP contribution in [0.15, 0.2) is 42.1 Å². The van der Waals surface area contributed by atoms with Gasteiger partial charge in [0.1, 0.15) is 5.84 Å². The van der Waals surface area contributed by atoms with E-state index in [1.54, 1.807) is 0 Å². The van der Waals surface area contributed by atoms with Gasteiger partial charge in [0.15, 0.2) is 0 Å². The Labute approximate surface area is 172 Å². The number of nitrogens with zero attached hydrogens (tertiary/aromatic N) is 1. The van der Waals surface area contributed by atoms with Gasteiger partial charge in [-0.25, -0.2) is 0 Å². The van der Waals surface area contributed by atoms with Gasteiger partial charge in [-0.3, -0.25) is 15.1 Å². The molecular formula is C22H32N6O. The second-order valence-corrected chi connectivity index (χ2v) is 8.93. The third-order valence-corrected chi connectivity index (χ3v) is 5.88. The molecule has 1 amide bonds. The van der Waals surface area contributed by atoms with E-state index in [0.29, 0.717) is 11.5 Å². The van der Waals surface area contributed by atoms with Gasteiger partial charge in [-0.2, -0.15) is 0 Å². The summed E-state index contributed by atoms with van der Waals surface area (Å²) < 4.78 is 0. The fourth-order valence-corrected chi connectivity index (χ4v) is 4.41. The lowest BCUT2D eigenvalue weighted by atomic mass is 9.76. The average Bonchev–Trinajstić information content (AvgIpc) is 2.66. The Morgan fingerprint density at radius 2 is 1.93 bits per heavy atom. The highest BCUT2D eigenvalue weighted by Gasteiger charge is 2.41. The molecule has 2 aliphatic rings. The van der Waals surface area contributed by atoms with Crippen LogP contribution in [0.2, 0.25) is 0 Å². The van der Waals surface area contributed by atoms with Crippen molar-refractivity contribution < 1.29 is 4.79 Å². The number of amidine groups is 1. The van der Waals surface area contributed by atoms with Crippen molar-refractivity contribution in [1.29, 1.82) is 10.8 Å². The number of likely N-dealkylation sites (tertiary alicyclic amines) is 1. The molecule has 3 rings (SSSR count). The third kappa shape index (κ3) is 5.23. The van der Waals surface area contributed by atoms with Crippen LogP contribution in [-0.2, 0) is 4.79 Å². The SMILES string of the molecule is CC1(C)CN([C@H]2CC[C@H](N/C=C(\C(=N)Nc3ccccc3)C(N)=O)[C@@H](C=N)C2)C1. The van der Waals surface area contributed by atoms with Gasteiger partial charge in [0.25, 0.3) is 5.91 Å². The minimum atomic E-state index is -0.658. The molecule has 3 atom stereocenters. The summed E-state index contributed by atoms with van der Waals surface area (Å²) >= 11 is 0. The van der Waals surface area contributed by atoms with E-state index < -0.39 is 5.91 Å². The molecule has 1 aromatic carbocycles. The Morgan fingerprint density at radius 3 is 2.52 bits per heavy atom. The van der Waals surface area contributed by atoms with Crippen LogP contribution >= 0.6 is 0 Å².